The van der Waals surface area contributed by atoms with Crippen LogP contribution in [0.2, 0.25) is 0 Å². The number of halogens is 6. The van der Waals surface area contributed by atoms with Crippen LogP contribution in [0.5, 0.6) is 0 Å². The summed E-state index contributed by atoms with van der Waals surface area (Å²) < 4.78 is 83.9. The first-order chi connectivity index (χ1) is 16.5. The van der Waals surface area contributed by atoms with E-state index in [1.807, 2.05) is 6.07 Å². The highest BCUT2D eigenvalue weighted by atomic mass is 79.9. The lowest BCUT2D eigenvalue weighted by atomic mass is 9.44. The molecule has 200 valence electrons. The molecule has 0 amide bonds. The molecule has 0 heterocycles. The van der Waals surface area contributed by atoms with Crippen molar-refractivity contribution < 1.29 is 45.2 Å². The minimum Gasteiger partial charge on any atom is -0.460 e. The molecule has 1 aromatic rings. The number of rotatable bonds is 7. The van der Waals surface area contributed by atoms with Crippen LogP contribution in [0.3, 0.4) is 0 Å². The first-order valence-corrected chi connectivity index (χ1v) is 15.0. The smallest absolute Gasteiger partial charge is 0.426 e. The second kappa shape index (κ2) is 9.80. The first kappa shape index (κ1) is 28.3. The van der Waals surface area contributed by atoms with Crippen molar-refractivity contribution in [1.29, 1.82) is 0 Å². The zero-order valence-electron chi connectivity index (χ0n) is 18.6. The molecule has 0 aromatic heterocycles. The maximum absolute atomic E-state index is 13.4. The van der Waals surface area contributed by atoms with Gasteiger partial charge in [0.25, 0.3) is 10.1 Å². The van der Waals surface area contributed by atoms with E-state index >= 15 is 0 Å². The molecule has 4 saturated carbocycles. The molecule has 3 unspecified atom stereocenters. The summed E-state index contributed by atoms with van der Waals surface area (Å²) in [5.74, 6) is -3.61. The lowest BCUT2D eigenvalue weighted by molar-refractivity contribution is -0.231. The van der Waals surface area contributed by atoms with Gasteiger partial charge in [0.05, 0.1) is 10.8 Å². The van der Waals surface area contributed by atoms with Crippen molar-refractivity contribution in [2.24, 2.45) is 22.7 Å². The summed E-state index contributed by atoms with van der Waals surface area (Å²) in [7, 11) is -5.06. The second-order valence-corrected chi connectivity index (χ2v) is 14.2. The fourth-order valence-electron chi connectivity index (χ4n) is 6.39. The Kier molecular flexibility index (Phi) is 7.71. The van der Waals surface area contributed by atoms with Gasteiger partial charge in [0.2, 0.25) is 6.10 Å². The molecule has 36 heavy (non-hydrogen) atoms. The van der Waals surface area contributed by atoms with Gasteiger partial charge >= 0.3 is 18.1 Å². The molecule has 4 aliphatic carbocycles. The van der Waals surface area contributed by atoms with Gasteiger partial charge in [-0.25, -0.2) is 0 Å². The zero-order valence-corrected chi connectivity index (χ0v) is 24.2. The molecule has 3 atom stereocenters. The predicted molar refractivity (Wildman–Crippen MR) is 131 cm³/mol. The fourth-order valence-corrected chi connectivity index (χ4v) is 8.69. The zero-order chi connectivity index (χ0) is 26.7. The molecule has 0 saturated heterocycles. The predicted octanol–water partition coefficient (Wildman–Crippen LogP) is 5.97. The highest BCUT2D eigenvalue weighted by Crippen LogP contribution is 2.66. The molecule has 0 radical (unpaired) electrons. The average Bonchev–Trinajstić information content (AvgIpc) is 2.72. The lowest BCUT2D eigenvalue weighted by Crippen LogP contribution is -2.59. The van der Waals surface area contributed by atoms with Gasteiger partial charge in [0.15, 0.2) is 0 Å². The van der Waals surface area contributed by atoms with Crippen LogP contribution in [-0.4, -0.2) is 42.9 Å². The van der Waals surface area contributed by atoms with Gasteiger partial charge in [0.1, 0.15) is 12.4 Å². The molecule has 0 aliphatic heterocycles. The second-order valence-electron chi connectivity index (χ2n) is 10.1. The summed E-state index contributed by atoms with van der Waals surface area (Å²) in [5.41, 5.74) is -1.68. The van der Waals surface area contributed by atoms with Crippen molar-refractivity contribution >= 4 is 69.8 Å². The van der Waals surface area contributed by atoms with Crippen LogP contribution in [0.15, 0.2) is 25.6 Å². The summed E-state index contributed by atoms with van der Waals surface area (Å²) >= 11 is 10.2. The van der Waals surface area contributed by atoms with Crippen LogP contribution < -0.4 is 0 Å². The maximum atomic E-state index is 13.4. The normalized spacial score (nSPS) is 30.2. The molecule has 4 fully saturated rings. The van der Waals surface area contributed by atoms with Crippen molar-refractivity contribution in [3.63, 3.8) is 0 Å². The third kappa shape index (κ3) is 5.81. The van der Waals surface area contributed by atoms with Crippen molar-refractivity contribution in [3.8, 4) is 0 Å². The number of alkyl halides is 3. The monoisotopic (exact) mass is 724 g/mol. The summed E-state index contributed by atoms with van der Waals surface area (Å²) in [4.78, 5) is 26.5. The average molecular weight is 727 g/mol. The molecule has 1 N–H and O–H groups in total. The van der Waals surface area contributed by atoms with Gasteiger partial charge in [-0.05, 0) is 94.4 Å². The van der Waals surface area contributed by atoms with E-state index in [-0.39, 0.29) is 37.7 Å². The SMILES string of the molecule is O=C(OCc1cc(Br)cc(Br)c1Br)C12CC3CC(C1)CC(C(=O)OC(CS(=O)(=O)O)C(F)(F)F)(C3)C2. The van der Waals surface area contributed by atoms with Crippen LogP contribution >= 0.6 is 47.8 Å². The topological polar surface area (TPSA) is 107 Å². The number of ether oxygens (including phenoxy) is 2. The van der Waals surface area contributed by atoms with Crippen LogP contribution in [0.1, 0.15) is 44.1 Å². The highest BCUT2D eigenvalue weighted by molar-refractivity contribution is 9.13. The summed E-state index contributed by atoms with van der Waals surface area (Å²) in [5, 5.41) is 0. The number of hydrogen-bond donors (Lipinski definition) is 1. The minimum atomic E-state index is -5.18. The molecule has 5 rings (SSSR count). The van der Waals surface area contributed by atoms with Gasteiger partial charge in [-0.3, -0.25) is 14.1 Å². The number of carbonyl (C=O) groups is 2. The third-order valence-electron chi connectivity index (χ3n) is 7.33. The Morgan fingerprint density at radius 2 is 1.61 bits per heavy atom. The van der Waals surface area contributed by atoms with Crippen molar-refractivity contribution in [3.05, 3.63) is 31.1 Å². The van der Waals surface area contributed by atoms with E-state index in [9.17, 15) is 31.2 Å². The molecule has 14 heteroatoms. The summed E-state index contributed by atoms with van der Waals surface area (Å²) in [6, 6.07) is 3.60. The standard InChI is InChI=1S/C22H22Br3F3O7S/c23-14-2-13(17(25)15(24)3-14)8-34-18(29)20-4-11-1-12(5-20)7-21(6-11,10-20)19(30)35-16(22(26,27)28)9-36(31,32)33/h2-3,11-12,16H,1,4-10H2,(H,31,32,33). The maximum Gasteiger partial charge on any atom is 0.426 e. The van der Waals surface area contributed by atoms with Crippen molar-refractivity contribution in [1.82, 2.24) is 0 Å². The van der Waals surface area contributed by atoms with Crippen molar-refractivity contribution in [2.75, 3.05) is 5.75 Å². The van der Waals surface area contributed by atoms with Crippen LogP contribution in [0.4, 0.5) is 13.2 Å². The number of esters is 2. The van der Waals surface area contributed by atoms with Gasteiger partial charge in [-0.1, -0.05) is 15.9 Å². The molecule has 4 aliphatic rings. The van der Waals surface area contributed by atoms with Gasteiger partial charge in [-0.15, -0.1) is 0 Å². The van der Waals surface area contributed by atoms with Crippen molar-refractivity contribution in [2.45, 2.75) is 57.4 Å². The molecule has 0 spiro atoms. The third-order valence-corrected chi connectivity index (χ3v) is 10.6. The minimum absolute atomic E-state index is 0.0233. The number of hydrogen-bond acceptors (Lipinski definition) is 6. The first-order valence-electron chi connectivity index (χ1n) is 11.1. The van der Waals surface area contributed by atoms with Gasteiger partial charge < -0.3 is 9.47 Å². The van der Waals surface area contributed by atoms with Crippen LogP contribution in [0.25, 0.3) is 0 Å². The largest absolute Gasteiger partial charge is 0.460 e. The van der Waals surface area contributed by atoms with Gasteiger partial charge in [-0.2, -0.15) is 21.6 Å². The number of carbonyl (C=O) groups excluding carboxylic acids is 2. The molecule has 7 nitrogen and oxygen atoms in total. The Hall–Kier alpha value is -0.700. The van der Waals surface area contributed by atoms with E-state index in [1.54, 1.807) is 6.07 Å². The molecular weight excluding hydrogens is 705 g/mol. The lowest BCUT2D eigenvalue weighted by Gasteiger charge is -2.59. The van der Waals surface area contributed by atoms with E-state index < -0.39 is 50.9 Å². The number of benzene rings is 1. The molecule has 1 aromatic carbocycles. The Bertz CT molecular complexity index is 1170. The van der Waals surface area contributed by atoms with Crippen LogP contribution in [-0.2, 0) is 35.8 Å². The Morgan fingerprint density at radius 3 is 2.14 bits per heavy atom. The van der Waals surface area contributed by atoms with E-state index in [4.69, 9.17) is 14.0 Å². The fraction of sp³-hybridized carbons (Fsp3) is 0.636. The molecular formula is C22H22Br3F3O7S. The van der Waals surface area contributed by atoms with E-state index in [0.717, 1.165) is 15.4 Å². The Morgan fingerprint density at radius 1 is 1.06 bits per heavy atom. The van der Waals surface area contributed by atoms with E-state index in [2.05, 4.69) is 47.8 Å². The van der Waals surface area contributed by atoms with E-state index in [1.165, 1.54) is 0 Å². The quantitative estimate of drug-likeness (QED) is 0.210. The summed E-state index contributed by atoms with van der Waals surface area (Å²) in [6.45, 7) is -0.0451. The van der Waals surface area contributed by atoms with E-state index in [0.29, 0.717) is 22.9 Å². The van der Waals surface area contributed by atoms with Gasteiger partial charge in [0, 0.05) is 19.0 Å². The highest BCUT2D eigenvalue weighted by Gasteiger charge is 2.65. The molecule has 4 bridgehead atoms. The summed E-state index contributed by atoms with van der Waals surface area (Å²) in [6.07, 6.45) is -6.00. The van der Waals surface area contributed by atoms with Crippen LogP contribution in [0, 0.1) is 22.7 Å². The Balaban J connectivity index is 1.54. The Labute approximate surface area is 231 Å².